The van der Waals surface area contributed by atoms with E-state index < -0.39 is 0 Å². The minimum Gasteiger partial charge on any atom is -0.398 e. The third kappa shape index (κ3) is 3.61. The lowest BCUT2D eigenvalue weighted by atomic mass is 9.92. The Kier molecular flexibility index (Phi) is 4.98. The van der Waals surface area contributed by atoms with Crippen LogP contribution in [0.3, 0.4) is 0 Å². The van der Waals surface area contributed by atoms with Crippen LogP contribution in [0.15, 0.2) is 24.3 Å². The van der Waals surface area contributed by atoms with E-state index in [0.717, 1.165) is 32.0 Å². The number of nitrogens with one attached hydrogen (secondary N) is 1. The number of amides is 1. The molecule has 1 aromatic carbocycles. The van der Waals surface area contributed by atoms with Gasteiger partial charge in [-0.25, -0.2) is 0 Å². The molecule has 0 bridgehead atoms. The van der Waals surface area contributed by atoms with Gasteiger partial charge in [0.2, 0.25) is 0 Å². The van der Waals surface area contributed by atoms with Gasteiger partial charge in [-0.2, -0.15) is 0 Å². The van der Waals surface area contributed by atoms with Crippen LogP contribution in [0.2, 0.25) is 0 Å². The summed E-state index contributed by atoms with van der Waals surface area (Å²) in [5.74, 6) is -0.0331. The van der Waals surface area contributed by atoms with Crippen LogP contribution in [0.1, 0.15) is 55.3 Å². The van der Waals surface area contributed by atoms with E-state index in [1.165, 1.54) is 32.1 Å². The highest BCUT2D eigenvalue weighted by molar-refractivity contribution is 5.99. The van der Waals surface area contributed by atoms with Gasteiger partial charge in [0.25, 0.3) is 5.91 Å². The molecule has 0 atom stereocenters. The highest BCUT2D eigenvalue weighted by Gasteiger charge is 2.27. The van der Waals surface area contributed by atoms with Crippen LogP contribution in [-0.4, -0.2) is 36.0 Å². The van der Waals surface area contributed by atoms with Crippen molar-refractivity contribution in [2.45, 2.75) is 57.0 Å². The van der Waals surface area contributed by atoms with Gasteiger partial charge in [0.15, 0.2) is 0 Å². The van der Waals surface area contributed by atoms with Gasteiger partial charge in [-0.15, -0.1) is 0 Å². The van der Waals surface area contributed by atoms with Gasteiger partial charge in [0.05, 0.1) is 5.56 Å². The number of rotatable bonds is 3. The van der Waals surface area contributed by atoms with Crippen molar-refractivity contribution < 1.29 is 4.79 Å². The Morgan fingerprint density at radius 3 is 2.41 bits per heavy atom. The molecule has 2 aliphatic rings. The van der Waals surface area contributed by atoms with E-state index >= 15 is 0 Å². The zero-order valence-electron chi connectivity index (χ0n) is 13.3. The van der Waals surface area contributed by atoms with Crippen molar-refractivity contribution in [3.05, 3.63) is 29.8 Å². The van der Waals surface area contributed by atoms with E-state index in [4.69, 9.17) is 5.73 Å². The van der Waals surface area contributed by atoms with Crippen molar-refractivity contribution in [3.63, 3.8) is 0 Å². The lowest BCUT2D eigenvalue weighted by Gasteiger charge is -2.39. The Morgan fingerprint density at radius 1 is 1.05 bits per heavy atom. The molecule has 1 aliphatic heterocycles. The lowest BCUT2D eigenvalue weighted by Crippen LogP contribution is -2.48. The molecule has 3 N–H and O–H groups in total. The number of hydrogen-bond donors (Lipinski definition) is 2. The number of benzene rings is 1. The summed E-state index contributed by atoms with van der Waals surface area (Å²) >= 11 is 0. The molecule has 4 heteroatoms. The second-order valence-electron chi connectivity index (χ2n) is 6.66. The fourth-order valence-electron chi connectivity index (χ4n) is 3.82. The van der Waals surface area contributed by atoms with E-state index in [9.17, 15) is 4.79 Å². The Hall–Kier alpha value is -1.55. The SMILES string of the molecule is Nc1ccccc1C(=O)NC1CCN(C2CCCCC2)CC1. The number of likely N-dealkylation sites (tertiary alicyclic amines) is 1. The summed E-state index contributed by atoms with van der Waals surface area (Å²) in [7, 11) is 0. The van der Waals surface area contributed by atoms with Crippen LogP contribution in [0.25, 0.3) is 0 Å². The highest BCUT2D eigenvalue weighted by atomic mass is 16.1. The van der Waals surface area contributed by atoms with Crippen molar-refractivity contribution in [2.24, 2.45) is 0 Å². The maximum atomic E-state index is 12.3. The molecule has 1 saturated carbocycles. The minimum atomic E-state index is -0.0331. The monoisotopic (exact) mass is 301 g/mol. The number of nitrogens with zero attached hydrogens (tertiary/aromatic N) is 1. The third-order valence-electron chi connectivity index (χ3n) is 5.16. The summed E-state index contributed by atoms with van der Waals surface area (Å²) in [5, 5.41) is 3.15. The molecule has 2 fully saturated rings. The van der Waals surface area contributed by atoms with E-state index in [1.807, 2.05) is 12.1 Å². The van der Waals surface area contributed by atoms with Crippen molar-refractivity contribution in [2.75, 3.05) is 18.8 Å². The first-order valence-corrected chi connectivity index (χ1v) is 8.63. The van der Waals surface area contributed by atoms with Crippen LogP contribution < -0.4 is 11.1 Å². The average Bonchev–Trinajstić information content (AvgIpc) is 2.57. The second-order valence-corrected chi connectivity index (χ2v) is 6.66. The molecule has 0 radical (unpaired) electrons. The summed E-state index contributed by atoms with van der Waals surface area (Å²) < 4.78 is 0. The van der Waals surface area contributed by atoms with Crippen molar-refractivity contribution >= 4 is 11.6 Å². The van der Waals surface area contributed by atoms with Gasteiger partial charge < -0.3 is 16.0 Å². The minimum absolute atomic E-state index is 0.0331. The molecule has 0 aromatic heterocycles. The van der Waals surface area contributed by atoms with Crippen LogP contribution >= 0.6 is 0 Å². The van der Waals surface area contributed by atoms with Gasteiger partial charge >= 0.3 is 0 Å². The standard InChI is InChI=1S/C18H27N3O/c19-17-9-5-4-8-16(17)18(22)20-14-10-12-21(13-11-14)15-6-2-1-3-7-15/h4-5,8-9,14-15H,1-3,6-7,10-13,19H2,(H,20,22). The summed E-state index contributed by atoms with van der Waals surface area (Å²) in [6.45, 7) is 2.22. The Bertz CT molecular complexity index is 503. The first kappa shape index (κ1) is 15.3. The Labute approximate surface area is 133 Å². The molecule has 1 saturated heterocycles. The quantitative estimate of drug-likeness (QED) is 0.844. The van der Waals surface area contributed by atoms with Crippen LogP contribution in [0.5, 0.6) is 0 Å². The Balaban J connectivity index is 1.49. The van der Waals surface area contributed by atoms with E-state index in [-0.39, 0.29) is 11.9 Å². The molecule has 120 valence electrons. The number of anilines is 1. The zero-order valence-corrected chi connectivity index (χ0v) is 13.3. The molecule has 0 unspecified atom stereocenters. The van der Waals surface area contributed by atoms with Crippen LogP contribution in [0.4, 0.5) is 5.69 Å². The number of nitrogen functional groups attached to an aromatic ring is 1. The summed E-state index contributed by atoms with van der Waals surface area (Å²) in [4.78, 5) is 14.9. The first-order chi connectivity index (χ1) is 10.7. The number of hydrogen-bond acceptors (Lipinski definition) is 3. The molecule has 3 rings (SSSR count). The average molecular weight is 301 g/mol. The molecular weight excluding hydrogens is 274 g/mol. The maximum Gasteiger partial charge on any atom is 0.253 e. The first-order valence-electron chi connectivity index (χ1n) is 8.63. The van der Waals surface area contributed by atoms with Crippen molar-refractivity contribution in [1.29, 1.82) is 0 Å². The van der Waals surface area contributed by atoms with Gasteiger partial charge in [-0.1, -0.05) is 31.4 Å². The molecule has 1 heterocycles. The molecule has 1 aromatic rings. The number of carbonyl (C=O) groups excluding carboxylic acids is 1. The lowest BCUT2D eigenvalue weighted by molar-refractivity contribution is 0.0866. The topological polar surface area (TPSA) is 58.4 Å². The number of nitrogens with two attached hydrogens (primary N) is 1. The predicted octanol–water partition coefficient (Wildman–Crippen LogP) is 2.80. The predicted molar refractivity (Wildman–Crippen MR) is 89.8 cm³/mol. The number of para-hydroxylation sites is 1. The highest BCUT2D eigenvalue weighted by Crippen LogP contribution is 2.25. The molecular formula is C18H27N3O. The van der Waals surface area contributed by atoms with Crippen LogP contribution in [0, 0.1) is 0 Å². The van der Waals surface area contributed by atoms with Gasteiger partial charge in [-0.05, 0) is 37.8 Å². The summed E-state index contributed by atoms with van der Waals surface area (Å²) in [6.07, 6.45) is 8.99. The summed E-state index contributed by atoms with van der Waals surface area (Å²) in [6, 6.07) is 8.36. The zero-order chi connectivity index (χ0) is 15.4. The second kappa shape index (κ2) is 7.14. The molecule has 22 heavy (non-hydrogen) atoms. The largest absolute Gasteiger partial charge is 0.398 e. The third-order valence-corrected chi connectivity index (χ3v) is 5.16. The van der Waals surface area contributed by atoms with E-state index in [0.29, 0.717) is 11.3 Å². The molecule has 0 spiro atoms. The van der Waals surface area contributed by atoms with Gasteiger partial charge in [0, 0.05) is 30.9 Å². The number of piperidine rings is 1. The van der Waals surface area contributed by atoms with Gasteiger partial charge in [0.1, 0.15) is 0 Å². The normalized spacial score (nSPS) is 21.6. The fraction of sp³-hybridized carbons (Fsp3) is 0.611. The van der Waals surface area contributed by atoms with Crippen molar-refractivity contribution in [1.82, 2.24) is 10.2 Å². The van der Waals surface area contributed by atoms with E-state index in [2.05, 4.69) is 10.2 Å². The summed E-state index contributed by atoms with van der Waals surface area (Å²) in [5.41, 5.74) is 7.03. The van der Waals surface area contributed by atoms with Gasteiger partial charge in [-0.3, -0.25) is 4.79 Å². The van der Waals surface area contributed by atoms with Crippen LogP contribution in [-0.2, 0) is 0 Å². The number of carbonyl (C=O) groups is 1. The molecule has 4 nitrogen and oxygen atoms in total. The molecule has 1 aliphatic carbocycles. The molecule has 1 amide bonds. The smallest absolute Gasteiger partial charge is 0.253 e. The maximum absolute atomic E-state index is 12.3. The fourth-order valence-corrected chi connectivity index (χ4v) is 3.82. The van der Waals surface area contributed by atoms with Crippen molar-refractivity contribution in [3.8, 4) is 0 Å². The van der Waals surface area contributed by atoms with E-state index in [1.54, 1.807) is 12.1 Å². The Morgan fingerprint density at radius 2 is 1.73 bits per heavy atom.